The molecule has 1 aliphatic rings. The van der Waals surface area contributed by atoms with Crippen LogP contribution in [0.5, 0.6) is 0 Å². The van der Waals surface area contributed by atoms with E-state index >= 15 is 0 Å². The van der Waals surface area contributed by atoms with Gasteiger partial charge in [-0.15, -0.1) is 0 Å². The maximum Gasteiger partial charge on any atom is 0.424 e. The van der Waals surface area contributed by atoms with E-state index in [4.69, 9.17) is 4.55 Å². The van der Waals surface area contributed by atoms with Crippen LogP contribution in [-0.2, 0) is 19.6 Å². The number of rotatable bonds is 3. The van der Waals surface area contributed by atoms with Crippen molar-refractivity contribution in [3.63, 3.8) is 0 Å². The van der Waals surface area contributed by atoms with Crippen molar-refractivity contribution < 1.29 is 22.2 Å². The summed E-state index contributed by atoms with van der Waals surface area (Å²) in [6, 6.07) is 0. The van der Waals surface area contributed by atoms with Crippen LogP contribution in [0.1, 0.15) is 13.3 Å². The SMILES string of the molecule is C1=CC1.CCOOS(=O)(=O)O. The van der Waals surface area contributed by atoms with E-state index in [1.807, 2.05) is 0 Å². The van der Waals surface area contributed by atoms with Gasteiger partial charge in [0.1, 0.15) is 0 Å². The highest BCUT2D eigenvalue weighted by Crippen LogP contribution is 1.96. The molecule has 66 valence electrons. The Morgan fingerprint density at radius 1 is 1.55 bits per heavy atom. The standard InChI is InChI=1S/C3H4.C2H6O5S/c1-2-3-1;1-2-6-7-8(3,4)5/h1-2H,3H2;2H2,1H3,(H,3,4,5). The molecule has 5 nitrogen and oxygen atoms in total. The fraction of sp³-hybridized carbons (Fsp3) is 0.600. The summed E-state index contributed by atoms with van der Waals surface area (Å²) in [5, 5.41) is 0. The lowest BCUT2D eigenvalue weighted by atomic mass is 10.9. The van der Waals surface area contributed by atoms with Gasteiger partial charge >= 0.3 is 10.4 Å². The summed E-state index contributed by atoms with van der Waals surface area (Å²) < 4.78 is 30.4. The van der Waals surface area contributed by atoms with Crippen LogP contribution >= 0.6 is 0 Å². The third-order valence-electron chi connectivity index (χ3n) is 0.488. The van der Waals surface area contributed by atoms with Crippen molar-refractivity contribution in [3.05, 3.63) is 12.2 Å². The zero-order valence-electron chi connectivity index (χ0n) is 6.06. The van der Waals surface area contributed by atoms with Gasteiger partial charge in [0.25, 0.3) is 0 Å². The molecule has 0 heterocycles. The highest BCUT2D eigenvalue weighted by atomic mass is 32.3. The van der Waals surface area contributed by atoms with E-state index in [1.165, 1.54) is 13.3 Å². The lowest BCUT2D eigenvalue weighted by molar-refractivity contribution is -0.203. The van der Waals surface area contributed by atoms with Gasteiger partial charge in [-0.05, 0) is 13.3 Å². The minimum absolute atomic E-state index is 0.0692. The zero-order valence-corrected chi connectivity index (χ0v) is 6.87. The smallest absolute Gasteiger partial charge is 0.262 e. The molecule has 0 aromatic heterocycles. The highest BCUT2D eigenvalue weighted by molar-refractivity contribution is 7.80. The van der Waals surface area contributed by atoms with Crippen LogP contribution in [0.25, 0.3) is 0 Å². The van der Waals surface area contributed by atoms with Crippen LogP contribution in [0.4, 0.5) is 0 Å². The van der Waals surface area contributed by atoms with Gasteiger partial charge in [-0.25, -0.2) is 4.89 Å². The third kappa shape index (κ3) is 17.7. The molecule has 0 radical (unpaired) electrons. The van der Waals surface area contributed by atoms with Gasteiger partial charge in [0.05, 0.1) is 6.61 Å². The third-order valence-corrected chi connectivity index (χ3v) is 0.756. The molecular formula is C5H10O5S. The van der Waals surface area contributed by atoms with E-state index in [9.17, 15) is 8.42 Å². The minimum atomic E-state index is -4.41. The Bertz CT molecular complexity index is 201. The van der Waals surface area contributed by atoms with Crippen LogP contribution in [0, 0.1) is 0 Å². The number of hydrogen-bond acceptors (Lipinski definition) is 4. The van der Waals surface area contributed by atoms with Gasteiger partial charge in [0.15, 0.2) is 0 Å². The Morgan fingerprint density at radius 2 is 2.00 bits per heavy atom. The average molecular weight is 182 g/mol. The van der Waals surface area contributed by atoms with Crippen molar-refractivity contribution >= 4 is 10.4 Å². The molecule has 6 heteroatoms. The summed E-state index contributed by atoms with van der Waals surface area (Å²) >= 11 is 0. The van der Waals surface area contributed by atoms with E-state index < -0.39 is 10.4 Å². The van der Waals surface area contributed by atoms with Gasteiger partial charge in [0.2, 0.25) is 0 Å². The van der Waals surface area contributed by atoms with E-state index in [2.05, 4.69) is 21.4 Å². The van der Waals surface area contributed by atoms with Crippen LogP contribution in [0.2, 0.25) is 0 Å². The summed E-state index contributed by atoms with van der Waals surface area (Å²) in [4.78, 5) is 3.86. The van der Waals surface area contributed by atoms with Crippen molar-refractivity contribution in [1.29, 1.82) is 0 Å². The van der Waals surface area contributed by atoms with E-state index in [-0.39, 0.29) is 6.61 Å². The molecule has 0 aromatic rings. The number of hydrogen-bond donors (Lipinski definition) is 1. The Morgan fingerprint density at radius 3 is 2.09 bits per heavy atom. The lowest BCUT2D eigenvalue weighted by Crippen LogP contribution is -2.03. The summed E-state index contributed by atoms with van der Waals surface area (Å²) in [6.07, 6.45) is 5.50. The van der Waals surface area contributed by atoms with E-state index in [1.54, 1.807) is 0 Å². The Hall–Kier alpha value is -0.430. The normalized spacial score (nSPS) is 13.6. The zero-order chi connectivity index (χ0) is 8.74. The number of allylic oxidation sites excluding steroid dienone is 2. The summed E-state index contributed by atoms with van der Waals surface area (Å²) in [5.41, 5.74) is 0. The molecule has 0 aliphatic heterocycles. The van der Waals surface area contributed by atoms with Gasteiger partial charge in [-0.3, -0.25) is 4.55 Å². The molecule has 1 rings (SSSR count). The van der Waals surface area contributed by atoms with E-state index in [0.29, 0.717) is 0 Å². The quantitative estimate of drug-likeness (QED) is 0.301. The van der Waals surface area contributed by atoms with Crippen molar-refractivity contribution in [2.75, 3.05) is 6.61 Å². The molecular weight excluding hydrogens is 172 g/mol. The predicted molar refractivity (Wildman–Crippen MR) is 38.0 cm³/mol. The maximum absolute atomic E-state index is 9.60. The molecule has 0 aromatic carbocycles. The van der Waals surface area contributed by atoms with Crippen molar-refractivity contribution in [3.8, 4) is 0 Å². The Labute approximate surface area is 65.5 Å². The molecule has 0 saturated carbocycles. The molecule has 0 bridgehead atoms. The first-order chi connectivity index (χ1) is 5.06. The van der Waals surface area contributed by atoms with Crippen LogP contribution in [0.3, 0.4) is 0 Å². The molecule has 11 heavy (non-hydrogen) atoms. The first-order valence-corrected chi connectivity index (χ1v) is 4.36. The second-order valence-electron chi connectivity index (χ2n) is 1.61. The average Bonchev–Trinajstić information content (AvgIpc) is 2.65. The predicted octanol–water partition coefficient (Wildman–Crippen LogP) is 0.704. The molecule has 0 fully saturated rings. The maximum atomic E-state index is 9.60. The Kier molecular flexibility index (Phi) is 5.05. The van der Waals surface area contributed by atoms with Crippen LogP contribution in [-0.4, -0.2) is 19.6 Å². The summed E-state index contributed by atoms with van der Waals surface area (Å²) in [5.74, 6) is 0. The summed E-state index contributed by atoms with van der Waals surface area (Å²) in [7, 11) is -4.41. The molecule has 1 N–H and O–H groups in total. The van der Waals surface area contributed by atoms with Crippen molar-refractivity contribution in [2.24, 2.45) is 0 Å². The molecule has 0 spiro atoms. The van der Waals surface area contributed by atoms with Gasteiger partial charge in [0, 0.05) is 0 Å². The fourth-order valence-electron chi connectivity index (χ4n) is 0.109. The minimum Gasteiger partial charge on any atom is -0.262 e. The van der Waals surface area contributed by atoms with Gasteiger partial charge in [-0.1, -0.05) is 16.5 Å². The second kappa shape index (κ2) is 5.25. The van der Waals surface area contributed by atoms with Gasteiger partial charge < -0.3 is 0 Å². The largest absolute Gasteiger partial charge is 0.424 e. The highest BCUT2D eigenvalue weighted by Gasteiger charge is 2.02. The van der Waals surface area contributed by atoms with Crippen molar-refractivity contribution in [1.82, 2.24) is 0 Å². The van der Waals surface area contributed by atoms with Crippen LogP contribution < -0.4 is 0 Å². The Balaban J connectivity index is 0.000000271. The van der Waals surface area contributed by atoms with E-state index in [0.717, 1.165) is 0 Å². The monoisotopic (exact) mass is 182 g/mol. The second-order valence-corrected chi connectivity index (χ2v) is 2.60. The van der Waals surface area contributed by atoms with Gasteiger partial charge in [-0.2, -0.15) is 8.42 Å². The topological polar surface area (TPSA) is 72.8 Å². The van der Waals surface area contributed by atoms with Crippen LogP contribution in [0.15, 0.2) is 12.2 Å². The van der Waals surface area contributed by atoms with Crippen molar-refractivity contribution in [2.45, 2.75) is 13.3 Å². The first kappa shape index (κ1) is 10.6. The molecule has 0 saturated heterocycles. The summed E-state index contributed by atoms with van der Waals surface area (Å²) in [6.45, 7) is 1.59. The fourth-order valence-corrected chi connectivity index (χ4v) is 0.327. The lowest BCUT2D eigenvalue weighted by Gasteiger charge is -1.92. The first-order valence-electron chi connectivity index (χ1n) is 2.99. The molecule has 1 aliphatic carbocycles. The molecule has 0 amide bonds. The molecule has 0 atom stereocenters. The molecule has 0 unspecified atom stereocenters.